The Morgan fingerprint density at radius 2 is 1.65 bits per heavy atom. The van der Waals surface area contributed by atoms with E-state index >= 15 is 0 Å². The average Bonchev–Trinajstić information content (AvgIpc) is 2.39. The molecule has 0 radical (unpaired) electrons. The number of rotatable bonds is 3. The lowest BCUT2D eigenvalue weighted by atomic mass is 10.1. The van der Waals surface area contributed by atoms with Crippen molar-refractivity contribution in [3.63, 3.8) is 0 Å². The van der Waals surface area contributed by atoms with Crippen LogP contribution in [0.4, 0.5) is 13.2 Å². The van der Waals surface area contributed by atoms with Crippen molar-refractivity contribution in [2.45, 2.75) is 25.9 Å². The van der Waals surface area contributed by atoms with E-state index in [-0.39, 0.29) is 0 Å². The molecule has 0 aliphatic heterocycles. The Balaban J connectivity index is 2.10. The van der Waals surface area contributed by atoms with Gasteiger partial charge in [-0.05, 0) is 35.7 Å². The van der Waals surface area contributed by atoms with Crippen molar-refractivity contribution >= 4 is 0 Å². The van der Waals surface area contributed by atoms with Gasteiger partial charge < -0.3 is 4.74 Å². The second-order valence-electron chi connectivity index (χ2n) is 4.71. The highest BCUT2D eigenvalue weighted by Gasteiger charge is 2.30. The molecule has 0 aliphatic carbocycles. The predicted molar refractivity (Wildman–Crippen MR) is 69.8 cm³/mol. The van der Waals surface area contributed by atoms with E-state index in [0.29, 0.717) is 17.5 Å². The number of aromatic nitrogens is 1. The van der Waals surface area contributed by atoms with Crippen LogP contribution in [0, 0.1) is 0 Å². The number of pyridine rings is 1. The van der Waals surface area contributed by atoms with E-state index in [2.05, 4.69) is 4.98 Å². The van der Waals surface area contributed by atoms with E-state index in [0.717, 1.165) is 17.7 Å². The van der Waals surface area contributed by atoms with Crippen molar-refractivity contribution in [3.8, 4) is 11.6 Å². The third-order valence-electron chi connectivity index (χ3n) is 2.83. The fourth-order valence-corrected chi connectivity index (χ4v) is 1.63. The summed E-state index contributed by atoms with van der Waals surface area (Å²) in [7, 11) is 0. The van der Waals surface area contributed by atoms with Crippen molar-refractivity contribution in [1.82, 2.24) is 4.98 Å². The van der Waals surface area contributed by atoms with Crippen LogP contribution in [-0.4, -0.2) is 4.98 Å². The maximum absolute atomic E-state index is 12.4. The minimum absolute atomic E-state index is 0.322. The lowest BCUT2D eigenvalue weighted by Gasteiger charge is -2.09. The molecule has 0 aliphatic rings. The number of alkyl halides is 3. The Morgan fingerprint density at radius 3 is 2.10 bits per heavy atom. The Kier molecular flexibility index (Phi) is 3.97. The normalized spacial score (nSPS) is 11.7. The van der Waals surface area contributed by atoms with E-state index in [1.54, 1.807) is 12.3 Å². The lowest BCUT2D eigenvalue weighted by Crippen LogP contribution is -2.04. The van der Waals surface area contributed by atoms with Gasteiger partial charge in [0.25, 0.3) is 0 Å². The number of hydrogen-bond acceptors (Lipinski definition) is 2. The van der Waals surface area contributed by atoms with Crippen molar-refractivity contribution in [2.75, 3.05) is 0 Å². The minimum Gasteiger partial charge on any atom is -0.439 e. The molecular weight excluding hydrogens is 267 g/mol. The SMILES string of the molecule is CC(C)c1ccc(Oc2ccc(C(F)(F)F)cc2)nc1. The molecule has 0 bridgehead atoms. The topological polar surface area (TPSA) is 22.1 Å². The van der Waals surface area contributed by atoms with E-state index in [9.17, 15) is 13.2 Å². The van der Waals surface area contributed by atoms with Crippen LogP contribution in [-0.2, 0) is 6.18 Å². The number of hydrogen-bond donors (Lipinski definition) is 0. The quantitative estimate of drug-likeness (QED) is 0.788. The Labute approximate surface area is 115 Å². The summed E-state index contributed by atoms with van der Waals surface area (Å²) in [4.78, 5) is 4.12. The van der Waals surface area contributed by atoms with Gasteiger partial charge in [-0.2, -0.15) is 13.2 Å². The van der Waals surface area contributed by atoms with Crippen LogP contribution < -0.4 is 4.74 Å². The smallest absolute Gasteiger partial charge is 0.416 e. The van der Waals surface area contributed by atoms with Gasteiger partial charge >= 0.3 is 6.18 Å². The molecule has 0 amide bonds. The van der Waals surface area contributed by atoms with Crippen LogP contribution in [0.5, 0.6) is 11.6 Å². The zero-order chi connectivity index (χ0) is 14.8. The van der Waals surface area contributed by atoms with Gasteiger partial charge in [-0.1, -0.05) is 19.9 Å². The molecule has 20 heavy (non-hydrogen) atoms. The first kappa shape index (κ1) is 14.4. The Hall–Kier alpha value is -2.04. The zero-order valence-electron chi connectivity index (χ0n) is 11.1. The van der Waals surface area contributed by atoms with Gasteiger partial charge in [0.1, 0.15) is 5.75 Å². The molecule has 106 valence electrons. The fourth-order valence-electron chi connectivity index (χ4n) is 1.63. The molecule has 0 spiro atoms. The molecule has 0 atom stereocenters. The predicted octanol–water partition coefficient (Wildman–Crippen LogP) is 5.02. The molecule has 1 aromatic heterocycles. The molecule has 2 aromatic rings. The Morgan fingerprint density at radius 1 is 1.00 bits per heavy atom. The van der Waals surface area contributed by atoms with Crippen LogP contribution in [0.1, 0.15) is 30.9 Å². The highest BCUT2D eigenvalue weighted by atomic mass is 19.4. The zero-order valence-corrected chi connectivity index (χ0v) is 11.1. The highest BCUT2D eigenvalue weighted by Crippen LogP contribution is 2.31. The number of nitrogens with zero attached hydrogens (tertiary/aromatic N) is 1. The maximum atomic E-state index is 12.4. The second kappa shape index (κ2) is 5.53. The minimum atomic E-state index is -4.34. The van der Waals surface area contributed by atoms with Crippen molar-refractivity contribution in [2.24, 2.45) is 0 Å². The summed E-state index contributed by atoms with van der Waals surface area (Å²) >= 11 is 0. The number of benzene rings is 1. The monoisotopic (exact) mass is 281 g/mol. The van der Waals surface area contributed by atoms with Crippen molar-refractivity contribution in [1.29, 1.82) is 0 Å². The molecule has 1 heterocycles. The third-order valence-corrected chi connectivity index (χ3v) is 2.83. The van der Waals surface area contributed by atoms with Crippen LogP contribution in [0.3, 0.4) is 0 Å². The molecule has 0 fully saturated rings. The molecule has 5 heteroatoms. The van der Waals surface area contributed by atoms with Gasteiger partial charge in [0.2, 0.25) is 5.88 Å². The molecule has 2 rings (SSSR count). The van der Waals surface area contributed by atoms with E-state index in [1.165, 1.54) is 12.1 Å². The molecule has 0 saturated carbocycles. The van der Waals surface area contributed by atoms with Crippen LogP contribution in [0.15, 0.2) is 42.6 Å². The highest BCUT2D eigenvalue weighted by molar-refractivity contribution is 5.32. The summed E-state index contributed by atoms with van der Waals surface area (Å²) in [6.07, 6.45) is -2.64. The molecule has 1 aromatic carbocycles. The van der Waals surface area contributed by atoms with Gasteiger partial charge in [0.05, 0.1) is 5.56 Å². The second-order valence-corrected chi connectivity index (χ2v) is 4.71. The first-order chi connectivity index (χ1) is 9.36. The van der Waals surface area contributed by atoms with Gasteiger partial charge in [0.15, 0.2) is 0 Å². The van der Waals surface area contributed by atoms with E-state index in [4.69, 9.17) is 4.74 Å². The lowest BCUT2D eigenvalue weighted by molar-refractivity contribution is -0.137. The van der Waals surface area contributed by atoms with E-state index in [1.807, 2.05) is 19.9 Å². The van der Waals surface area contributed by atoms with Gasteiger partial charge in [-0.25, -0.2) is 4.98 Å². The van der Waals surface area contributed by atoms with Crippen LogP contribution in [0.25, 0.3) is 0 Å². The standard InChI is InChI=1S/C15H14F3NO/c1-10(2)11-3-8-14(19-9-11)20-13-6-4-12(5-7-13)15(16,17)18/h3-10H,1-2H3. The summed E-state index contributed by atoms with van der Waals surface area (Å²) in [6, 6.07) is 8.11. The van der Waals surface area contributed by atoms with Gasteiger partial charge in [-0.3, -0.25) is 0 Å². The molecular formula is C15H14F3NO. The van der Waals surface area contributed by atoms with Crippen molar-refractivity contribution in [3.05, 3.63) is 53.7 Å². The van der Waals surface area contributed by atoms with Crippen LogP contribution in [0.2, 0.25) is 0 Å². The Bertz CT molecular complexity index is 559. The van der Waals surface area contributed by atoms with Gasteiger partial charge in [-0.15, -0.1) is 0 Å². The number of halogens is 3. The molecule has 0 N–H and O–H groups in total. The summed E-state index contributed by atoms with van der Waals surface area (Å²) in [5.74, 6) is 1.04. The summed E-state index contributed by atoms with van der Waals surface area (Å²) in [5.41, 5.74) is 0.373. The first-order valence-electron chi connectivity index (χ1n) is 6.17. The average molecular weight is 281 g/mol. The summed E-state index contributed by atoms with van der Waals surface area (Å²) in [6.45, 7) is 4.10. The number of ether oxygens (including phenoxy) is 1. The van der Waals surface area contributed by atoms with Gasteiger partial charge in [0, 0.05) is 12.3 Å². The maximum Gasteiger partial charge on any atom is 0.416 e. The fraction of sp³-hybridized carbons (Fsp3) is 0.267. The largest absolute Gasteiger partial charge is 0.439 e. The molecule has 2 nitrogen and oxygen atoms in total. The molecule has 0 unspecified atom stereocenters. The summed E-state index contributed by atoms with van der Waals surface area (Å²) in [5, 5.41) is 0. The van der Waals surface area contributed by atoms with Crippen molar-refractivity contribution < 1.29 is 17.9 Å². The van der Waals surface area contributed by atoms with E-state index < -0.39 is 11.7 Å². The first-order valence-corrected chi connectivity index (χ1v) is 6.17. The summed E-state index contributed by atoms with van der Waals surface area (Å²) < 4.78 is 42.6. The molecule has 0 saturated heterocycles. The van der Waals surface area contributed by atoms with Crippen LogP contribution >= 0.6 is 0 Å². The third kappa shape index (κ3) is 3.50.